The molecule has 162 valence electrons. The van der Waals surface area contributed by atoms with Crippen LogP contribution in [0, 0.1) is 13.8 Å². The second kappa shape index (κ2) is 9.86. The number of amides is 1. The summed E-state index contributed by atoms with van der Waals surface area (Å²) in [7, 11) is 0. The maximum absolute atomic E-state index is 13.0. The zero-order valence-electron chi connectivity index (χ0n) is 17.9. The Morgan fingerprint density at radius 3 is 2.48 bits per heavy atom. The number of hydrogen-bond acceptors (Lipinski definition) is 4. The fourth-order valence-electron chi connectivity index (χ4n) is 3.70. The summed E-state index contributed by atoms with van der Waals surface area (Å²) in [6.07, 6.45) is 0. The summed E-state index contributed by atoms with van der Waals surface area (Å²) in [5.41, 5.74) is 4.58. The molecule has 1 aliphatic heterocycles. The minimum absolute atomic E-state index is 0.120. The molecule has 4 nitrogen and oxygen atoms in total. The molecule has 0 spiro atoms. The first-order valence-electron chi connectivity index (χ1n) is 10.5. The fourth-order valence-corrected chi connectivity index (χ4v) is 4.69. The van der Waals surface area contributed by atoms with E-state index in [-0.39, 0.29) is 5.91 Å². The van der Waals surface area contributed by atoms with E-state index in [0.717, 1.165) is 59.5 Å². The molecule has 1 fully saturated rings. The van der Waals surface area contributed by atoms with Gasteiger partial charge in [-0.1, -0.05) is 35.9 Å². The molecule has 6 heteroatoms. The highest BCUT2D eigenvalue weighted by Crippen LogP contribution is 2.23. The highest BCUT2D eigenvalue weighted by molar-refractivity contribution is 7.12. The summed E-state index contributed by atoms with van der Waals surface area (Å²) in [5.74, 6) is 1.02. The average Bonchev–Trinajstić information content (AvgIpc) is 3.25. The predicted molar refractivity (Wildman–Crippen MR) is 127 cm³/mol. The Labute approximate surface area is 193 Å². The maximum atomic E-state index is 13.0. The van der Waals surface area contributed by atoms with Gasteiger partial charge >= 0.3 is 0 Å². The largest absolute Gasteiger partial charge is 0.489 e. The van der Waals surface area contributed by atoms with Crippen LogP contribution >= 0.6 is 22.9 Å². The molecule has 0 bridgehead atoms. The van der Waals surface area contributed by atoms with E-state index in [1.807, 2.05) is 35.4 Å². The van der Waals surface area contributed by atoms with Gasteiger partial charge in [-0.25, -0.2) is 0 Å². The SMILES string of the molecule is Cc1ccc(C)c(OCc2csc(C(=O)N3CCN(Cc4ccc(Cl)cc4)CC3)c2)c1. The first-order chi connectivity index (χ1) is 15.0. The topological polar surface area (TPSA) is 32.8 Å². The lowest BCUT2D eigenvalue weighted by molar-refractivity contribution is 0.0633. The van der Waals surface area contributed by atoms with Gasteiger partial charge in [-0.3, -0.25) is 9.69 Å². The van der Waals surface area contributed by atoms with Crippen LogP contribution in [0.1, 0.15) is 31.9 Å². The molecule has 3 aromatic rings. The minimum atomic E-state index is 0.120. The van der Waals surface area contributed by atoms with Crippen LogP contribution in [0.15, 0.2) is 53.9 Å². The van der Waals surface area contributed by atoms with Crippen molar-refractivity contribution in [2.75, 3.05) is 26.2 Å². The number of nitrogens with zero attached hydrogens (tertiary/aromatic N) is 2. The summed E-state index contributed by atoms with van der Waals surface area (Å²) in [6.45, 7) is 8.72. The second-order valence-corrected chi connectivity index (χ2v) is 9.42. The van der Waals surface area contributed by atoms with E-state index in [2.05, 4.69) is 42.2 Å². The van der Waals surface area contributed by atoms with Crippen LogP contribution in [0.3, 0.4) is 0 Å². The Kier molecular flexibility index (Phi) is 6.96. The van der Waals surface area contributed by atoms with Gasteiger partial charge in [0.25, 0.3) is 5.91 Å². The van der Waals surface area contributed by atoms with E-state index in [4.69, 9.17) is 16.3 Å². The molecular weight excluding hydrogens is 428 g/mol. The highest BCUT2D eigenvalue weighted by Gasteiger charge is 2.23. The van der Waals surface area contributed by atoms with Crippen molar-refractivity contribution >= 4 is 28.8 Å². The lowest BCUT2D eigenvalue weighted by atomic mass is 10.1. The molecule has 1 saturated heterocycles. The molecule has 2 aromatic carbocycles. The van der Waals surface area contributed by atoms with Gasteiger partial charge < -0.3 is 9.64 Å². The molecule has 1 amide bonds. The number of hydrogen-bond donors (Lipinski definition) is 0. The molecule has 4 rings (SSSR count). The Balaban J connectivity index is 1.29. The zero-order valence-corrected chi connectivity index (χ0v) is 19.5. The van der Waals surface area contributed by atoms with E-state index in [0.29, 0.717) is 6.61 Å². The van der Waals surface area contributed by atoms with Gasteiger partial charge in [0.1, 0.15) is 12.4 Å². The van der Waals surface area contributed by atoms with Gasteiger partial charge in [-0.05, 0) is 60.2 Å². The van der Waals surface area contributed by atoms with Crippen LogP contribution in [0.2, 0.25) is 5.02 Å². The Bertz CT molecular complexity index is 1040. The van der Waals surface area contributed by atoms with Crippen molar-refractivity contribution in [1.29, 1.82) is 0 Å². The molecule has 2 heterocycles. The van der Waals surface area contributed by atoms with Crippen molar-refractivity contribution in [3.8, 4) is 5.75 Å². The monoisotopic (exact) mass is 454 g/mol. The van der Waals surface area contributed by atoms with Crippen LogP contribution in [0.5, 0.6) is 5.75 Å². The zero-order chi connectivity index (χ0) is 21.8. The van der Waals surface area contributed by atoms with Gasteiger partial charge in [-0.15, -0.1) is 11.3 Å². The van der Waals surface area contributed by atoms with E-state index in [1.54, 1.807) is 0 Å². The molecule has 1 aliphatic rings. The smallest absolute Gasteiger partial charge is 0.264 e. The molecule has 0 saturated carbocycles. The van der Waals surface area contributed by atoms with Gasteiger partial charge in [-0.2, -0.15) is 0 Å². The molecular formula is C25H27ClN2O2S. The van der Waals surface area contributed by atoms with E-state index < -0.39 is 0 Å². The standard InChI is InChI=1S/C25H27ClN2O2S/c1-18-3-4-19(2)23(13-18)30-16-21-14-24(31-17-21)25(29)28-11-9-27(10-12-28)15-20-5-7-22(26)8-6-20/h3-8,13-14,17H,9-12,15-16H2,1-2H3. The summed E-state index contributed by atoms with van der Waals surface area (Å²) >= 11 is 7.47. The van der Waals surface area contributed by atoms with Crippen molar-refractivity contribution in [2.45, 2.75) is 27.0 Å². The van der Waals surface area contributed by atoms with Crippen LogP contribution in [0.4, 0.5) is 0 Å². The van der Waals surface area contributed by atoms with Crippen LogP contribution < -0.4 is 4.74 Å². The summed E-state index contributed by atoms with van der Waals surface area (Å²) in [4.78, 5) is 18.1. The summed E-state index contributed by atoms with van der Waals surface area (Å²) < 4.78 is 5.99. The number of thiophene rings is 1. The fraction of sp³-hybridized carbons (Fsp3) is 0.320. The van der Waals surface area contributed by atoms with Crippen LogP contribution in [-0.2, 0) is 13.2 Å². The molecule has 0 N–H and O–H groups in total. The summed E-state index contributed by atoms with van der Waals surface area (Å²) in [5, 5.41) is 2.78. The first-order valence-corrected chi connectivity index (χ1v) is 11.8. The third-order valence-corrected chi connectivity index (χ3v) is 6.80. The number of halogens is 1. The van der Waals surface area contributed by atoms with Crippen molar-refractivity contribution in [1.82, 2.24) is 9.80 Å². The van der Waals surface area contributed by atoms with E-state index in [9.17, 15) is 4.79 Å². The number of rotatable bonds is 6. The van der Waals surface area contributed by atoms with E-state index in [1.165, 1.54) is 22.5 Å². The average molecular weight is 455 g/mol. The Morgan fingerprint density at radius 2 is 1.74 bits per heavy atom. The van der Waals surface area contributed by atoms with Gasteiger partial charge in [0.15, 0.2) is 0 Å². The van der Waals surface area contributed by atoms with Gasteiger partial charge in [0.2, 0.25) is 0 Å². The van der Waals surface area contributed by atoms with Crippen LogP contribution in [-0.4, -0.2) is 41.9 Å². The number of ether oxygens (including phenoxy) is 1. The number of carbonyl (C=O) groups excluding carboxylic acids is 1. The van der Waals surface area contributed by atoms with Crippen LogP contribution in [0.25, 0.3) is 0 Å². The number of benzene rings is 2. The third-order valence-electron chi connectivity index (χ3n) is 5.58. The van der Waals surface area contributed by atoms with Crippen molar-refractivity contribution in [2.24, 2.45) is 0 Å². The minimum Gasteiger partial charge on any atom is -0.489 e. The Hall–Kier alpha value is -2.34. The van der Waals surface area contributed by atoms with Crippen molar-refractivity contribution < 1.29 is 9.53 Å². The van der Waals surface area contributed by atoms with E-state index >= 15 is 0 Å². The summed E-state index contributed by atoms with van der Waals surface area (Å²) in [6, 6.07) is 16.2. The molecule has 0 unspecified atom stereocenters. The molecule has 1 aromatic heterocycles. The number of aryl methyl sites for hydroxylation is 2. The first kappa shape index (κ1) is 21.9. The molecule has 0 atom stereocenters. The lowest BCUT2D eigenvalue weighted by Crippen LogP contribution is -2.48. The Morgan fingerprint density at radius 1 is 1.00 bits per heavy atom. The quantitative estimate of drug-likeness (QED) is 0.489. The maximum Gasteiger partial charge on any atom is 0.264 e. The predicted octanol–water partition coefficient (Wildman–Crippen LogP) is 5.56. The van der Waals surface area contributed by atoms with Crippen molar-refractivity contribution in [3.63, 3.8) is 0 Å². The number of piperazine rings is 1. The molecule has 0 radical (unpaired) electrons. The molecule has 31 heavy (non-hydrogen) atoms. The lowest BCUT2D eigenvalue weighted by Gasteiger charge is -2.34. The normalized spacial score (nSPS) is 14.6. The second-order valence-electron chi connectivity index (χ2n) is 8.07. The number of carbonyl (C=O) groups is 1. The highest BCUT2D eigenvalue weighted by atomic mass is 35.5. The van der Waals surface area contributed by atoms with Crippen molar-refractivity contribution in [3.05, 3.63) is 86.1 Å². The van der Waals surface area contributed by atoms with Gasteiger partial charge in [0, 0.05) is 43.3 Å². The molecule has 0 aliphatic carbocycles. The third kappa shape index (κ3) is 5.67. The van der Waals surface area contributed by atoms with Gasteiger partial charge in [0.05, 0.1) is 4.88 Å².